The molecule has 18 heavy (non-hydrogen) atoms. The second-order valence-corrected chi connectivity index (χ2v) is 4.04. The van der Waals surface area contributed by atoms with Crippen LogP contribution in [0.25, 0.3) is 10.4 Å². The first-order valence-corrected chi connectivity index (χ1v) is 5.37. The fourth-order valence-electron chi connectivity index (χ4n) is 2.13. The third kappa shape index (κ3) is 2.54. The van der Waals surface area contributed by atoms with Crippen molar-refractivity contribution in [2.45, 2.75) is 25.0 Å². The van der Waals surface area contributed by atoms with Crippen LogP contribution in [0.5, 0.6) is 0 Å². The highest BCUT2D eigenvalue weighted by Gasteiger charge is 2.52. The molecule has 1 aliphatic heterocycles. The number of carbonyl (C=O) groups is 1. The molecule has 0 aromatic carbocycles. The van der Waals surface area contributed by atoms with E-state index >= 15 is 0 Å². The Morgan fingerprint density at radius 1 is 1.83 bits per heavy atom. The van der Waals surface area contributed by atoms with Gasteiger partial charge in [0.2, 0.25) is 0 Å². The van der Waals surface area contributed by atoms with Gasteiger partial charge in [0.25, 0.3) is 0 Å². The zero-order valence-corrected chi connectivity index (χ0v) is 9.94. The summed E-state index contributed by atoms with van der Waals surface area (Å²) in [6, 6.07) is 0.928. The number of methoxy groups -OCH3 is 1. The highest BCUT2D eigenvalue weighted by atomic mass is 16.5. The lowest BCUT2D eigenvalue weighted by Crippen LogP contribution is -2.56. The van der Waals surface area contributed by atoms with Crippen molar-refractivity contribution < 1.29 is 19.4 Å². The summed E-state index contributed by atoms with van der Waals surface area (Å²) in [4.78, 5) is 14.6. The lowest BCUT2D eigenvalue weighted by atomic mass is 9.73. The first-order valence-electron chi connectivity index (χ1n) is 5.37. The maximum atomic E-state index is 11.9. The van der Waals surface area contributed by atoms with Gasteiger partial charge in [0, 0.05) is 11.3 Å². The van der Waals surface area contributed by atoms with Gasteiger partial charge < -0.3 is 14.6 Å². The van der Waals surface area contributed by atoms with Gasteiger partial charge in [-0.1, -0.05) is 5.11 Å². The first-order chi connectivity index (χ1) is 8.62. The number of nitrogens with zero attached hydrogens (tertiary/aromatic N) is 4. The summed E-state index contributed by atoms with van der Waals surface area (Å²) >= 11 is 0. The molecule has 1 saturated heterocycles. The summed E-state index contributed by atoms with van der Waals surface area (Å²) < 4.78 is 9.84. The SMILES string of the molecule is COC(=O)C1(CCC#N)COCC(O)C1N=[N+]=[N-]. The molecule has 1 aliphatic rings. The van der Waals surface area contributed by atoms with E-state index in [0.717, 1.165) is 0 Å². The Hall–Kier alpha value is -1.81. The van der Waals surface area contributed by atoms with Crippen LogP contribution in [0.1, 0.15) is 12.8 Å². The van der Waals surface area contributed by atoms with Crippen LogP contribution < -0.4 is 0 Å². The molecule has 0 saturated carbocycles. The van der Waals surface area contributed by atoms with E-state index in [-0.39, 0.29) is 26.1 Å². The number of hydrogen-bond donors (Lipinski definition) is 1. The number of nitriles is 1. The average molecular weight is 254 g/mol. The molecule has 3 unspecified atom stereocenters. The standard InChI is InChI=1S/C10H14N4O4/c1-17-9(16)10(3-2-4-11)6-18-5-7(15)8(10)13-14-12/h7-8,15H,2-3,5-6H2,1H3. The number of aliphatic hydroxyl groups is 1. The molecule has 0 radical (unpaired) electrons. The third-order valence-electron chi connectivity index (χ3n) is 3.03. The van der Waals surface area contributed by atoms with Crippen molar-refractivity contribution in [2.24, 2.45) is 10.5 Å². The maximum Gasteiger partial charge on any atom is 0.314 e. The summed E-state index contributed by atoms with van der Waals surface area (Å²) in [5, 5.41) is 21.9. The van der Waals surface area contributed by atoms with Crippen LogP contribution in [-0.4, -0.2) is 43.5 Å². The predicted octanol–water partition coefficient (Wildman–Crippen LogP) is 0.520. The predicted molar refractivity (Wildman–Crippen MR) is 59.1 cm³/mol. The van der Waals surface area contributed by atoms with E-state index in [0.29, 0.717) is 0 Å². The van der Waals surface area contributed by atoms with E-state index in [4.69, 9.17) is 20.3 Å². The Labute approximate surface area is 104 Å². The Morgan fingerprint density at radius 3 is 3.11 bits per heavy atom. The minimum Gasteiger partial charge on any atom is -0.469 e. The van der Waals surface area contributed by atoms with Gasteiger partial charge >= 0.3 is 5.97 Å². The monoisotopic (exact) mass is 254 g/mol. The number of hydrogen-bond acceptors (Lipinski definition) is 6. The highest BCUT2D eigenvalue weighted by molar-refractivity contribution is 5.78. The lowest BCUT2D eigenvalue weighted by molar-refractivity contribution is -0.172. The maximum absolute atomic E-state index is 11.9. The van der Waals surface area contributed by atoms with Gasteiger partial charge in [-0.25, -0.2) is 0 Å². The largest absolute Gasteiger partial charge is 0.469 e. The highest BCUT2D eigenvalue weighted by Crippen LogP contribution is 2.37. The van der Waals surface area contributed by atoms with Gasteiger partial charge in [-0.2, -0.15) is 5.26 Å². The van der Waals surface area contributed by atoms with Crippen molar-refractivity contribution in [1.82, 2.24) is 0 Å². The molecule has 0 amide bonds. The molecular weight excluding hydrogens is 240 g/mol. The molecule has 0 aliphatic carbocycles. The van der Waals surface area contributed by atoms with Crippen LogP contribution in [0.2, 0.25) is 0 Å². The number of azide groups is 1. The Bertz CT molecular complexity index is 401. The van der Waals surface area contributed by atoms with Gasteiger partial charge in [0.15, 0.2) is 0 Å². The normalized spacial score (nSPS) is 30.9. The van der Waals surface area contributed by atoms with Crippen LogP contribution in [0.3, 0.4) is 0 Å². The number of carbonyl (C=O) groups excluding carboxylic acids is 1. The minimum absolute atomic E-state index is 0.0189. The zero-order chi connectivity index (χ0) is 13.6. The van der Waals surface area contributed by atoms with Crippen molar-refractivity contribution in [3.8, 4) is 6.07 Å². The zero-order valence-electron chi connectivity index (χ0n) is 9.94. The molecule has 98 valence electrons. The van der Waals surface area contributed by atoms with E-state index in [9.17, 15) is 9.90 Å². The summed E-state index contributed by atoms with van der Waals surface area (Å²) in [5.41, 5.74) is 7.24. The molecule has 1 heterocycles. The number of rotatable bonds is 4. The lowest BCUT2D eigenvalue weighted by Gasteiger charge is -2.41. The third-order valence-corrected chi connectivity index (χ3v) is 3.03. The van der Waals surface area contributed by atoms with Crippen molar-refractivity contribution in [3.63, 3.8) is 0 Å². The van der Waals surface area contributed by atoms with Crippen LogP contribution in [0.4, 0.5) is 0 Å². The molecule has 3 atom stereocenters. The smallest absolute Gasteiger partial charge is 0.314 e. The van der Waals surface area contributed by atoms with Crippen LogP contribution >= 0.6 is 0 Å². The molecule has 0 aromatic rings. The molecule has 1 N–H and O–H groups in total. The molecule has 8 heteroatoms. The van der Waals surface area contributed by atoms with E-state index in [1.165, 1.54) is 7.11 Å². The van der Waals surface area contributed by atoms with Gasteiger partial charge in [-0.15, -0.1) is 0 Å². The number of ether oxygens (including phenoxy) is 2. The second-order valence-electron chi connectivity index (χ2n) is 4.04. The molecular formula is C10H14N4O4. The van der Waals surface area contributed by atoms with Gasteiger partial charge in [0.05, 0.1) is 38.5 Å². The Kier molecular flexibility index (Phi) is 4.92. The van der Waals surface area contributed by atoms with Gasteiger partial charge in [0.1, 0.15) is 5.41 Å². The summed E-state index contributed by atoms with van der Waals surface area (Å²) in [7, 11) is 1.20. The van der Waals surface area contributed by atoms with Crippen LogP contribution in [0.15, 0.2) is 5.11 Å². The average Bonchev–Trinajstić information content (AvgIpc) is 2.39. The van der Waals surface area contributed by atoms with E-state index in [2.05, 4.69) is 10.0 Å². The molecule has 8 nitrogen and oxygen atoms in total. The van der Waals surface area contributed by atoms with Crippen molar-refractivity contribution in [1.29, 1.82) is 5.26 Å². The fraction of sp³-hybridized carbons (Fsp3) is 0.800. The molecule has 0 spiro atoms. The molecule has 0 bridgehead atoms. The Morgan fingerprint density at radius 2 is 2.56 bits per heavy atom. The van der Waals surface area contributed by atoms with Gasteiger partial charge in [-0.3, -0.25) is 4.79 Å². The quantitative estimate of drug-likeness (QED) is 0.338. The van der Waals surface area contributed by atoms with Crippen LogP contribution in [-0.2, 0) is 14.3 Å². The van der Waals surface area contributed by atoms with E-state index in [1.807, 2.05) is 6.07 Å². The van der Waals surface area contributed by atoms with Crippen LogP contribution in [0, 0.1) is 16.7 Å². The van der Waals surface area contributed by atoms with Gasteiger partial charge in [-0.05, 0) is 12.0 Å². The molecule has 1 rings (SSSR count). The molecule has 0 aromatic heterocycles. The first kappa shape index (κ1) is 14.3. The minimum atomic E-state index is -1.30. The van der Waals surface area contributed by atoms with E-state index in [1.54, 1.807) is 0 Å². The fourth-order valence-corrected chi connectivity index (χ4v) is 2.13. The second kappa shape index (κ2) is 6.21. The van der Waals surface area contributed by atoms with Crippen molar-refractivity contribution in [3.05, 3.63) is 10.4 Å². The summed E-state index contributed by atoms with van der Waals surface area (Å²) in [6.07, 6.45) is -0.910. The summed E-state index contributed by atoms with van der Waals surface area (Å²) in [6.45, 7) is -0.0584. The summed E-state index contributed by atoms with van der Waals surface area (Å²) in [5.74, 6) is -0.645. The van der Waals surface area contributed by atoms with E-state index < -0.39 is 23.5 Å². The number of aliphatic hydroxyl groups excluding tert-OH is 1. The molecule has 1 fully saturated rings. The Balaban J connectivity index is 3.14. The number of esters is 1. The topological polar surface area (TPSA) is 128 Å². The van der Waals surface area contributed by atoms with Crippen molar-refractivity contribution in [2.75, 3.05) is 20.3 Å². The van der Waals surface area contributed by atoms with Crippen molar-refractivity contribution >= 4 is 5.97 Å².